The van der Waals surface area contributed by atoms with E-state index in [1.165, 1.54) is 0 Å². The van der Waals surface area contributed by atoms with Crippen molar-refractivity contribution < 1.29 is 29.3 Å². The van der Waals surface area contributed by atoms with Gasteiger partial charge in [0, 0.05) is 0 Å². The fourth-order valence-corrected chi connectivity index (χ4v) is 0.135. The minimum absolute atomic E-state index is 0.403. The van der Waals surface area contributed by atoms with Crippen molar-refractivity contribution in [2.45, 2.75) is 6.04 Å². The van der Waals surface area contributed by atoms with Crippen LogP contribution >= 0.6 is 0 Å². The van der Waals surface area contributed by atoms with Crippen LogP contribution in [0.2, 0.25) is 0 Å². The van der Waals surface area contributed by atoms with Gasteiger partial charge >= 0.3 is 11.9 Å². The Kier molecular flexibility index (Phi) is 8.74. The molecule has 0 aromatic rings. The summed E-state index contributed by atoms with van der Waals surface area (Å²) in [5.41, 5.74) is 4.36. The van der Waals surface area contributed by atoms with E-state index in [9.17, 15) is 14.0 Å². The lowest BCUT2D eigenvalue weighted by Crippen LogP contribution is -2.33. The van der Waals surface area contributed by atoms with E-state index in [-0.39, 0.29) is 0 Å². The Hall–Kier alpha value is -1.47. The molecule has 0 aliphatic carbocycles. The molecule has 0 aliphatic rings. The highest BCUT2D eigenvalue weighted by molar-refractivity contribution is 5.85. The van der Waals surface area contributed by atoms with E-state index in [0.29, 0.717) is 0 Å². The van der Waals surface area contributed by atoms with E-state index >= 15 is 0 Å². The number of carboxylic acids is 2. The zero-order chi connectivity index (χ0) is 11.7. The second-order valence-corrected chi connectivity index (χ2v) is 2.17. The fourth-order valence-electron chi connectivity index (χ4n) is 0.135. The van der Waals surface area contributed by atoms with Crippen molar-refractivity contribution in [3.05, 3.63) is 12.2 Å². The fraction of sp³-hybridized carbons (Fsp3) is 0.429. The summed E-state index contributed by atoms with van der Waals surface area (Å²) in [5, 5.41) is 23.7. The maximum Gasteiger partial charge on any atom is 0.333 e. The largest absolute Gasteiger partial charge is 0.480 e. The molecule has 0 bridgehead atoms. The second-order valence-electron chi connectivity index (χ2n) is 2.17. The summed E-state index contributed by atoms with van der Waals surface area (Å²) in [5.74, 6) is -2.45. The number of aliphatic carboxylic acids is 2. The highest BCUT2D eigenvalue weighted by Crippen LogP contribution is 1.87. The van der Waals surface area contributed by atoms with Crippen molar-refractivity contribution in [1.82, 2.24) is 0 Å². The predicted molar refractivity (Wildman–Crippen MR) is 45.4 cm³/mol. The maximum absolute atomic E-state index is 11.2. The molecule has 0 amide bonds. The van der Waals surface area contributed by atoms with Crippen molar-refractivity contribution >= 4 is 11.9 Å². The number of alkyl halides is 1. The van der Waals surface area contributed by atoms with Crippen LogP contribution in [0.25, 0.3) is 0 Å². The zero-order valence-corrected chi connectivity index (χ0v) is 7.31. The van der Waals surface area contributed by atoms with Gasteiger partial charge in [-0.05, 0) is 0 Å². The first-order chi connectivity index (χ1) is 6.36. The van der Waals surface area contributed by atoms with Gasteiger partial charge in [-0.25, -0.2) is 9.18 Å². The monoisotopic (exact) mass is 209 g/mol. The van der Waals surface area contributed by atoms with Crippen LogP contribution in [-0.2, 0) is 9.59 Å². The summed E-state index contributed by atoms with van der Waals surface area (Å²) < 4.78 is 11.2. The predicted octanol–water partition coefficient (Wildman–Crippen LogP) is -1.01. The third-order valence-corrected chi connectivity index (χ3v) is 0.978. The first-order valence-electron chi connectivity index (χ1n) is 3.43. The number of aliphatic hydroxyl groups excluding tert-OH is 1. The van der Waals surface area contributed by atoms with Gasteiger partial charge in [-0.3, -0.25) is 4.79 Å². The summed E-state index contributed by atoms with van der Waals surface area (Å²) in [7, 11) is 0. The quantitative estimate of drug-likeness (QED) is 0.440. The Morgan fingerprint density at radius 2 is 1.86 bits per heavy atom. The molecule has 0 unspecified atom stereocenters. The van der Waals surface area contributed by atoms with Crippen molar-refractivity contribution in [2.75, 3.05) is 13.3 Å². The Morgan fingerprint density at radius 1 is 1.43 bits per heavy atom. The highest BCUT2D eigenvalue weighted by atomic mass is 19.1. The van der Waals surface area contributed by atoms with Gasteiger partial charge in [0.2, 0.25) is 0 Å². The number of carbonyl (C=O) groups is 2. The first-order valence-corrected chi connectivity index (χ1v) is 3.43. The van der Waals surface area contributed by atoms with Gasteiger partial charge in [-0.2, -0.15) is 0 Å². The topological polar surface area (TPSA) is 121 Å². The molecule has 0 saturated carbocycles. The molecule has 1 atom stereocenters. The molecule has 0 radical (unpaired) electrons. The van der Waals surface area contributed by atoms with E-state index in [1.807, 2.05) is 0 Å². The van der Waals surface area contributed by atoms with E-state index in [0.717, 1.165) is 0 Å². The van der Waals surface area contributed by atoms with E-state index in [2.05, 4.69) is 6.58 Å². The lowest BCUT2D eigenvalue weighted by molar-refractivity contribution is -0.139. The Labute approximate surface area is 79.5 Å². The molecule has 0 heterocycles. The van der Waals surface area contributed by atoms with Gasteiger partial charge in [0.1, 0.15) is 12.7 Å². The molecule has 0 aromatic carbocycles. The Morgan fingerprint density at radius 3 is 1.86 bits per heavy atom. The zero-order valence-electron chi connectivity index (χ0n) is 7.31. The standard InChI is InChI=1S/C4H5FO2.C3H7NO3/c1-3(2-5)4(6)7;4-2(1-5)3(6)7/h1-2H2,(H,6,7);2,5H,1,4H2,(H,6,7)/t;2-/m.0/s1. The number of hydrogen-bond donors (Lipinski definition) is 4. The Bertz CT molecular complexity index is 218. The molecule has 0 saturated heterocycles. The van der Waals surface area contributed by atoms with Crippen LogP contribution in [0.5, 0.6) is 0 Å². The van der Waals surface area contributed by atoms with Gasteiger partial charge in [0.05, 0.1) is 12.2 Å². The number of halogens is 1. The summed E-state index contributed by atoms with van der Waals surface area (Å²) >= 11 is 0. The molecule has 0 spiro atoms. The van der Waals surface area contributed by atoms with Gasteiger partial charge < -0.3 is 21.1 Å². The second kappa shape index (κ2) is 8.14. The van der Waals surface area contributed by atoms with Crippen LogP contribution in [0.3, 0.4) is 0 Å². The number of aliphatic hydroxyl groups is 1. The highest BCUT2D eigenvalue weighted by Gasteiger charge is 2.07. The van der Waals surface area contributed by atoms with Crippen LogP contribution in [-0.4, -0.2) is 46.6 Å². The number of nitrogens with two attached hydrogens (primary N) is 1. The van der Waals surface area contributed by atoms with E-state index in [1.54, 1.807) is 0 Å². The third-order valence-electron chi connectivity index (χ3n) is 0.978. The van der Waals surface area contributed by atoms with Crippen molar-refractivity contribution in [2.24, 2.45) is 5.73 Å². The summed E-state index contributed by atoms with van der Waals surface area (Å²) in [6.07, 6.45) is 0. The summed E-state index contributed by atoms with van der Waals surface area (Å²) in [6.45, 7) is 1.42. The minimum Gasteiger partial charge on any atom is -0.480 e. The van der Waals surface area contributed by atoms with Crippen LogP contribution in [0.4, 0.5) is 4.39 Å². The number of carboxylic acid groups (broad SMARTS) is 2. The third kappa shape index (κ3) is 8.62. The average Bonchev–Trinajstić information content (AvgIpc) is 2.15. The van der Waals surface area contributed by atoms with Crippen LogP contribution < -0.4 is 5.73 Å². The van der Waals surface area contributed by atoms with Gasteiger partial charge in [0.15, 0.2) is 0 Å². The number of rotatable bonds is 4. The molecular formula is C7H12FNO5. The smallest absolute Gasteiger partial charge is 0.333 e. The molecule has 14 heavy (non-hydrogen) atoms. The van der Waals surface area contributed by atoms with Gasteiger partial charge in [-0.15, -0.1) is 0 Å². The van der Waals surface area contributed by atoms with Crippen LogP contribution in [0, 0.1) is 0 Å². The normalized spacial score (nSPS) is 10.8. The van der Waals surface area contributed by atoms with Gasteiger partial charge in [0.25, 0.3) is 0 Å². The molecule has 7 heteroatoms. The molecule has 0 aliphatic heterocycles. The first kappa shape index (κ1) is 15.0. The molecule has 0 aromatic heterocycles. The van der Waals surface area contributed by atoms with Gasteiger partial charge in [-0.1, -0.05) is 6.58 Å². The molecule has 82 valence electrons. The lowest BCUT2D eigenvalue weighted by atomic mass is 10.3. The lowest BCUT2D eigenvalue weighted by Gasteiger charge is -1.96. The SMILES string of the molecule is C=C(CF)C(=O)O.N[C@@H](CO)C(=O)O. The number of hydrogen-bond acceptors (Lipinski definition) is 4. The summed E-state index contributed by atoms with van der Waals surface area (Å²) in [6, 6.07) is -1.13. The maximum atomic E-state index is 11.2. The Balaban J connectivity index is 0. The molecule has 6 nitrogen and oxygen atoms in total. The minimum atomic E-state index is -1.28. The van der Waals surface area contributed by atoms with Crippen LogP contribution in [0.15, 0.2) is 12.2 Å². The van der Waals surface area contributed by atoms with Crippen molar-refractivity contribution in [3.8, 4) is 0 Å². The molecule has 0 rings (SSSR count). The summed E-state index contributed by atoms with van der Waals surface area (Å²) in [4.78, 5) is 19.2. The molecule has 0 fully saturated rings. The average molecular weight is 209 g/mol. The van der Waals surface area contributed by atoms with Crippen molar-refractivity contribution in [1.29, 1.82) is 0 Å². The van der Waals surface area contributed by atoms with E-state index in [4.69, 9.17) is 21.1 Å². The van der Waals surface area contributed by atoms with E-state index < -0.39 is 36.8 Å². The molecule has 5 N–H and O–H groups in total. The molecular weight excluding hydrogens is 197 g/mol. The van der Waals surface area contributed by atoms with Crippen molar-refractivity contribution in [3.63, 3.8) is 0 Å². The van der Waals surface area contributed by atoms with Crippen LogP contribution in [0.1, 0.15) is 0 Å².